The summed E-state index contributed by atoms with van der Waals surface area (Å²) in [6, 6.07) is 10.5. The Morgan fingerprint density at radius 2 is 2.13 bits per heavy atom. The molecule has 8 heteroatoms. The van der Waals surface area contributed by atoms with E-state index in [-0.39, 0.29) is 18.5 Å². The molecule has 1 saturated heterocycles. The van der Waals surface area contributed by atoms with Crippen LogP contribution in [-0.4, -0.2) is 40.4 Å². The van der Waals surface area contributed by atoms with Gasteiger partial charge in [0.05, 0.1) is 28.0 Å². The summed E-state index contributed by atoms with van der Waals surface area (Å²) in [5, 5.41) is 4.59. The van der Waals surface area contributed by atoms with E-state index in [4.69, 9.17) is 0 Å². The minimum Gasteiger partial charge on any atom is -0.355 e. The van der Waals surface area contributed by atoms with Crippen molar-refractivity contribution in [2.45, 2.75) is 38.2 Å². The fourth-order valence-electron chi connectivity index (χ4n) is 4.37. The van der Waals surface area contributed by atoms with Gasteiger partial charge in [0.15, 0.2) is 0 Å². The van der Waals surface area contributed by atoms with E-state index >= 15 is 0 Å². The molecular weight excluding hydrogens is 422 g/mol. The molecule has 0 saturated carbocycles. The van der Waals surface area contributed by atoms with Crippen LogP contribution in [0.1, 0.15) is 30.6 Å². The molecule has 156 valence electrons. The van der Waals surface area contributed by atoms with Crippen LogP contribution in [0.3, 0.4) is 0 Å². The van der Waals surface area contributed by atoms with Crippen LogP contribution >= 0.6 is 22.7 Å². The highest BCUT2D eigenvalue weighted by Crippen LogP contribution is 2.40. The average Bonchev–Trinajstić information content (AvgIpc) is 3.36. The first-order valence-electron chi connectivity index (χ1n) is 10.1. The summed E-state index contributed by atoms with van der Waals surface area (Å²) in [5.41, 5.74) is 4.83. The number of rotatable bonds is 5. The molecule has 0 spiro atoms. The Balaban J connectivity index is 1.44. The number of halogens is 2. The lowest BCUT2D eigenvalue weighted by Gasteiger charge is -2.38. The predicted molar refractivity (Wildman–Crippen MR) is 122 cm³/mol. The highest BCUT2D eigenvalue weighted by Gasteiger charge is 2.31. The van der Waals surface area contributed by atoms with E-state index in [2.05, 4.69) is 46.5 Å². The van der Waals surface area contributed by atoms with Gasteiger partial charge in [-0.05, 0) is 56.6 Å². The maximum absolute atomic E-state index is 13.0. The maximum atomic E-state index is 13.0. The van der Waals surface area contributed by atoms with E-state index in [9.17, 15) is 8.78 Å². The Morgan fingerprint density at radius 1 is 1.23 bits per heavy atom. The number of aromatic nitrogens is 2. The Hall–Kier alpha value is -2.16. The standard InChI is InChI=1S/C22H22F2N4S2/c1-13-15(3-2-8-28(13)11-21(23)24)20-10-16-17(6-7-25-22(16)30-20)27-14-4-5-19-18(9-14)26-12-29-19/h4-7,9-10,12-13,15,21H,2-3,8,11H2,1H3,(H,25,27)/t13-,15+/m0/s1. The van der Waals surface area contributed by atoms with Crippen molar-refractivity contribution >= 4 is 54.5 Å². The van der Waals surface area contributed by atoms with Crippen LogP contribution < -0.4 is 5.32 Å². The van der Waals surface area contributed by atoms with Gasteiger partial charge in [-0.1, -0.05) is 0 Å². The van der Waals surface area contributed by atoms with Gasteiger partial charge >= 0.3 is 0 Å². The van der Waals surface area contributed by atoms with Crippen molar-refractivity contribution in [3.05, 3.63) is 46.9 Å². The molecule has 1 aliphatic heterocycles. The number of anilines is 2. The van der Waals surface area contributed by atoms with E-state index in [1.807, 2.05) is 22.7 Å². The monoisotopic (exact) mass is 444 g/mol. The van der Waals surface area contributed by atoms with Crippen molar-refractivity contribution in [1.82, 2.24) is 14.9 Å². The lowest BCUT2D eigenvalue weighted by molar-refractivity contribution is 0.0470. The van der Waals surface area contributed by atoms with Crippen molar-refractivity contribution in [3.8, 4) is 0 Å². The van der Waals surface area contributed by atoms with Crippen LogP contribution in [0.5, 0.6) is 0 Å². The number of thiophene rings is 1. The molecule has 0 radical (unpaired) electrons. The van der Waals surface area contributed by atoms with E-state index in [0.717, 1.165) is 51.2 Å². The second-order valence-corrected chi connectivity index (χ2v) is 9.71. The maximum Gasteiger partial charge on any atom is 0.251 e. The van der Waals surface area contributed by atoms with E-state index < -0.39 is 6.43 Å². The van der Waals surface area contributed by atoms with E-state index in [1.165, 1.54) is 4.88 Å². The number of nitrogens with zero attached hydrogens (tertiary/aromatic N) is 3. The van der Waals surface area contributed by atoms with Gasteiger partial charge in [-0.15, -0.1) is 22.7 Å². The predicted octanol–water partition coefficient (Wildman–Crippen LogP) is 6.48. The van der Waals surface area contributed by atoms with Gasteiger partial charge in [-0.25, -0.2) is 18.7 Å². The molecular formula is C22H22F2N4S2. The summed E-state index contributed by atoms with van der Waals surface area (Å²) in [4.78, 5) is 13.1. The summed E-state index contributed by atoms with van der Waals surface area (Å²) < 4.78 is 27.1. The molecule has 0 bridgehead atoms. The normalized spacial score (nSPS) is 20.4. The van der Waals surface area contributed by atoms with Gasteiger partial charge < -0.3 is 5.32 Å². The van der Waals surface area contributed by atoms with Crippen molar-refractivity contribution in [3.63, 3.8) is 0 Å². The SMILES string of the molecule is C[C@H]1[C@H](c2cc3c(Nc4ccc5scnc5c4)ccnc3s2)CCCN1CC(F)F. The second-order valence-electron chi connectivity index (χ2n) is 7.76. The molecule has 30 heavy (non-hydrogen) atoms. The molecule has 0 amide bonds. The number of hydrogen-bond donors (Lipinski definition) is 1. The summed E-state index contributed by atoms with van der Waals surface area (Å²) in [6.07, 6.45) is 1.50. The highest BCUT2D eigenvalue weighted by atomic mass is 32.1. The molecule has 1 aliphatic rings. The summed E-state index contributed by atoms with van der Waals surface area (Å²) in [7, 11) is 0. The molecule has 0 aliphatic carbocycles. The van der Waals surface area contributed by atoms with Gasteiger partial charge in [-0.3, -0.25) is 4.90 Å². The Morgan fingerprint density at radius 3 is 3.00 bits per heavy atom. The first kappa shape index (κ1) is 19.8. The average molecular weight is 445 g/mol. The molecule has 4 heterocycles. The lowest BCUT2D eigenvalue weighted by atomic mass is 9.88. The fourth-order valence-corrected chi connectivity index (χ4v) is 6.29. The molecule has 5 rings (SSSR count). The van der Waals surface area contributed by atoms with Crippen molar-refractivity contribution in [2.24, 2.45) is 0 Å². The Labute approximate surface area is 181 Å². The van der Waals surface area contributed by atoms with Crippen molar-refractivity contribution in [2.75, 3.05) is 18.4 Å². The Bertz CT molecular complexity index is 1170. The molecule has 4 aromatic rings. The molecule has 0 unspecified atom stereocenters. The highest BCUT2D eigenvalue weighted by molar-refractivity contribution is 7.18. The summed E-state index contributed by atoms with van der Waals surface area (Å²) >= 11 is 3.31. The summed E-state index contributed by atoms with van der Waals surface area (Å²) in [5.74, 6) is 0.260. The third kappa shape index (κ3) is 3.79. The first-order valence-corrected chi connectivity index (χ1v) is 11.8. The summed E-state index contributed by atoms with van der Waals surface area (Å²) in [6.45, 7) is 2.68. The fraction of sp³-hybridized carbons (Fsp3) is 0.364. The molecule has 1 N–H and O–H groups in total. The molecule has 1 fully saturated rings. The largest absolute Gasteiger partial charge is 0.355 e. The second kappa shape index (κ2) is 8.17. The van der Waals surface area contributed by atoms with Gasteiger partial charge in [0, 0.05) is 34.1 Å². The number of benzene rings is 1. The van der Waals surface area contributed by atoms with Gasteiger partial charge in [-0.2, -0.15) is 0 Å². The number of fused-ring (bicyclic) bond motifs is 2. The zero-order valence-electron chi connectivity index (χ0n) is 16.5. The van der Waals surface area contributed by atoms with Crippen molar-refractivity contribution in [1.29, 1.82) is 0 Å². The molecule has 3 aromatic heterocycles. The van der Waals surface area contributed by atoms with Crippen LogP contribution in [0.4, 0.5) is 20.2 Å². The zero-order valence-corrected chi connectivity index (χ0v) is 18.1. The quantitative estimate of drug-likeness (QED) is 0.382. The number of alkyl halides is 2. The van der Waals surface area contributed by atoms with Gasteiger partial charge in [0.25, 0.3) is 6.43 Å². The van der Waals surface area contributed by atoms with Crippen LogP contribution in [0, 0.1) is 0 Å². The number of nitrogens with one attached hydrogen (secondary N) is 1. The van der Waals surface area contributed by atoms with Crippen LogP contribution in [0.25, 0.3) is 20.4 Å². The number of hydrogen-bond acceptors (Lipinski definition) is 6. The number of pyridine rings is 1. The van der Waals surface area contributed by atoms with Crippen molar-refractivity contribution < 1.29 is 8.78 Å². The van der Waals surface area contributed by atoms with E-state index in [0.29, 0.717) is 0 Å². The minimum atomic E-state index is -2.29. The third-order valence-corrected chi connectivity index (χ3v) is 7.91. The number of thiazole rings is 1. The van der Waals surface area contributed by atoms with Crippen LogP contribution in [-0.2, 0) is 0 Å². The molecule has 2 atom stereocenters. The minimum absolute atomic E-state index is 0.101. The third-order valence-electron chi connectivity index (χ3n) is 5.92. The van der Waals surface area contributed by atoms with E-state index in [1.54, 1.807) is 22.7 Å². The number of likely N-dealkylation sites (tertiary alicyclic amines) is 1. The number of piperidine rings is 1. The van der Waals surface area contributed by atoms with Crippen LogP contribution in [0.15, 0.2) is 42.0 Å². The molecule has 4 nitrogen and oxygen atoms in total. The molecule has 1 aromatic carbocycles. The smallest absolute Gasteiger partial charge is 0.251 e. The van der Waals surface area contributed by atoms with Crippen LogP contribution in [0.2, 0.25) is 0 Å². The lowest BCUT2D eigenvalue weighted by Crippen LogP contribution is -2.44. The Kier molecular flexibility index (Phi) is 5.39. The van der Waals surface area contributed by atoms with Gasteiger partial charge in [0.2, 0.25) is 0 Å². The zero-order chi connectivity index (χ0) is 20.7. The van der Waals surface area contributed by atoms with Gasteiger partial charge in [0.1, 0.15) is 4.83 Å². The topological polar surface area (TPSA) is 41.1 Å². The first-order chi connectivity index (χ1) is 14.6.